The molecule has 0 aliphatic carbocycles. The summed E-state index contributed by atoms with van der Waals surface area (Å²) in [6.07, 6.45) is -3.89. The van der Waals surface area contributed by atoms with Gasteiger partial charge in [0, 0.05) is 23.5 Å². The van der Waals surface area contributed by atoms with Crippen LogP contribution in [-0.4, -0.2) is 68.3 Å². The Labute approximate surface area is 152 Å². The van der Waals surface area contributed by atoms with Crippen LogP contribution in [0.1, 0.15) is 0 Å². The van der Waals surface area contributed by atoms with Gasteiger partial charge in [0.05, 0.1) is 6.20 Å². The lowest BCUT2D eigenvalue weighted by atomic mass is 10.1. The summed E-state index contributed by atoms with van der Waals surface area (Å²) >= 11 is 0. The van der Waals surface area contributed by atoms with Gasteiger partial charge in [-0.25, -0.2) is 4.98 Å². The third kappa shape index (κ3) is 4.05. The molecule has 12 heteroatoms. The van der Waals surface area contributed by atoms with E-state index in [4.69, 9.17) is 14.0 Å². The number of rotatable bonds is 4. The summed E-state index contributed by atoms with van der Waals surface area (Å²) in [5.74, 6) is -0.812. The maximum absolute atomic E-state index is 13.8. The number of pyridine rings is 2. The second-order valence-corrected chi connectivity index (χ2v) is 7.22. The smallest absolute Gasteiger partial charge is 0.295 e. The summed E-state index contributed by atoms with van der Waals surface area (Å²) < 4.78 is 55.7. The first-order valence-corrected chi connectivity index (χ1v) is 9.07. The maximum atomic E-state index is 13.8. The number of hydrogen-bond donors (Lipinski definition) is 4. The molecule has 0 bridgehead atoms. The van der Waals surface area contributed by atoms with Crippen LogP contribution in [0, 0.1) is 5.95 Å². The van der Waals surface area contributed by atoms with E-state index >= 15 is 0 Å². The number of hydrogen-bond acceptors (Lipinski definition) is 9. The summed E-state index contributed by atoms with van der Waals surface area (Å²) in [6.45, 7) is 0. The molecule has 1 aliphatic heterocycles. The van der Waals surface area contributed by atoms with Gasteiger partial charge in [0.15, 0.2) is 0 Å². The summed E-state index contributed by atoms with van der Waals surface area (Å²) in [5.41, 5.74) is -1.84. The number of aliphatic hydroxyl groups excluding tert-OH is 3. The van der Waals surface area contributed by atoms with Crippen LogP contribution < -0.4 is 4.74 Å². The Morgan fingerprint density at radius 2 is 1.89 bits per heavy atom. The van der Waals surface area contributed by atoms with Gasteiger partial charge in [-0.05, 0) is 18.2 Å². The lowest BCUT2D eigenvalue weighted by Gasteiger charge is -2.38. The highest BCUT2D eigenvalue weighted by Crippen LogP contribution is 2.29. The van der Waals surface area contributed by atoms with Gasteiger partial charge in [0.1, 0.15) is 24.1 Å². The van der Waals surface area contributed by atoms with E-state index in [1.807, 2.05) is 0 Å². The molecule has 2 aromatic heterocycles. The van der Waals surface area contributed by atoms with Crippen molar-refractivity contribution in [2.45, 2.75) is 30.0 Å². The highest BCUT2D eigenvalue weighted by atomic mass is 32.2. The van der Waals surface area contributed by atoms with Gasteiger partial charge in [-0.1, -0.05) is 0 Å². The van der Waals surface area contributed by atoms with Crippen LogP contribution in [0.15, 0.2) is 36.8 Å². The minimum absolute atomic E-state index is 0.0579. The monoisotopic (exact) mass is 402 g/mol. The molecule has 5 atom stereocenters. The normalized spacial score (nSPS) is 28.7. The van der Waals surface area contributed by atoms with E-state index in [0.717, 1.165) is 0 Å². The summed E-state index contributed by atoms with van der Waals surface area (Å²) in [7, 11) is -4.91. The second kappa shape index (κ2) is 7.42. The molecular formula is C15H15FN2O8S. The molecule has 10 nitrogen and oxygen atoms in total. The molecule has 0 saturated carbocycles. The highest BCUT2D eigenvalue weighted by molar-refractivity contribution is 7.86. The average Bonchev–Trinajstić information content (AvgIpc) is 2.62. The van der Waals surface area contributed by atoms with Gasteiger partial charge in [0.2, 0.25) is 17.7 Å². The summed E-state index contributed by atoms with van der Waals surface area (Å²) in [5, 5.41) is 29.4. The average molecular weight is 402 g/mol. The molecule has 0 radical (unpaired) electrons. The van der Waals surface area contributed by atoms with Gasteiger partial charge >= 0.3 is 0 Å². The van der Waals surface area contributed by atoms with Crippen molar-refractivity contribution < 1.29 is 42.2 Å². The zero-order chi connectivity index (χ0) is 19.8. The van der Waals surface area contributed by atoms with E-state index < -0.39 is 46.1 Å². The fraction of sp³-hybridized carbons (Fsp3) is 0.333. The van der Waals surface area contributed by atoms with Gasteiger partial charge < -0.3 is 24.8 Å². The van der Waals surface area contributed by atoms with Crippen molar-refractivity contribution in [3.05, 3.63) is 42.7 Å². The second-order valence-electron chi connectivity index (χ2n) is 5.73. The third-order valence-corrected chi connectivity index (χ3v) is 4.83. The number of halogens is 1. The molecule has 2 aromatic rings. The van der Waals surface area contributed by atoms with E-state index in [0.29, 0.717) is 0 Å². The first kappa shape index (κ1) is 19.5. The number of aromatic nitrogens is 2. The van der Waals surface area contributed by atoms with Crippen molar-refractivity contribution in [3.63, 3.8) is 0 Å². The molecule has 27 heavy (non-hydrogen) atoms. The van der Waals surface area contributed by atoms with Crippen molar-refractivity contribution in [2.24, 2.45) is 0 Å². The first-order valence-electron chi connectivity index (χ1n) is 7.57. The maximum Gasteiger partial charge on any atom is 0.295 e. The molecule has 1 fully saturated rings. The van der Waals surface area contributed by atoms with Crippen molar-refractivity contribution in [3.8, 4) is 16.9 Å². The minimum Gasteiger partial charge on any atom is -0.460 e. The summed E-state index contributed by atoms with van der Waals surface area (Å²) in [4.78, 5) is 7.37. The van der Waals surface area contributed by atoms with Crippen LogP contribution in [0.2, 0.25) is 0 Å². The molecule has 1 unspecified atom stereocenters. The Morgan fingerprint density at radius 1 is 1.15 bits per heavy atom. The molecule has 0 aromatic carbocycles. The number of nitrogens with zero attached hydrogens (tertiary/aromatic N) is 2. The van der Waals surface area contributed by atoms with Crippen molar-refractivity contribution in [1.29, 1.82) is 0 Å². The van der Waals surface area contributed by atoms with Crippen molar-refractivity contribution in [1.82, 2.24) is 9.97 Å². The van der Waals surface area contributed by atoms with Crippen LogP contribution in [0.3, 0.4) is 0 Å². The molecular weight excluding hydrogens is 387 g/mol. The van der Waals surface area contributed by atoms with Crippen LogP contribution in [-0.2, 0) is 14.9 Å². The van der Waals surface area contributed by atoms with Gasteiger partial charge in [-0.2, -0.15) is 12.8 Å². The number of ether oxygens (including phenoxy) is 2. The molecule has 1 saturated heterocycles. The molecule has 0 spiro atoms. The SMILES string of the molecule is O=S(=O)(O)C1O[C@@H](Oc2cncc(-c3cccnc3F)c2)[C@H](O)[C@@H](O)[C@@H]1O. The predicted molar refractivity (Wildman–Crippen MR) is 86.3 cm³/mol. The molecule has 1 aliphatic rings. The Balaban J connectivity index is 1.86. The summed E-state index contributed by atoms with van der Waals surface area (Å²) in [6, 6.07) is 4.28. The van der Waals surface area contributed by atoms with E-state index in [2.05, 4.69) is 9.97 Å². The first-order chi connectivity index (χ1) is 12.7. The van der Waals surface area contributed by atoms with Gasteiger partial charge in [0.25, 0.3) is 10.1 Å². The van der Waals surface area contributed by atoms with Crippen molar-refractivity contribution >= 4 is 10.1 Å². The van der Waals surface area contributed by atoms with E-state index in [9.17, 15) is 28.1 Å². The largest absolute Gasteiger partial charge is 0.460 e. The van der Waals surface area contributed by atoms with Gasteiger partial charge in [-0.3, -0.25) is 9.54 Å². The molecule has 3 heterocycles. The zero-order valence-electron chi connectivity index (χ0n) is 13.5. The quantitative estimate of drug-likeness (QED) is 0.381. The van der Waals surface area contributed by atoms with E-state index in [1.165, 1.54) is 36.8 Å². The van der Waals surface area contributed by atoms with E-state index in [1.54, 1.807) is 0 Å². The number of aliphatic hydroxyl groups is 3. The van der Waals surface area contributed by atoms with Crippen LogP contribution in [0.25, 0.3) is 11.1 Å². The highest BCUT2D eigenvalue weighted by Gasteiger charge is 2.50. The minimum atomic E-state index is -4.91. The van der Waals surface area contributed by atoms with E-state index in [-0.39, 0.29) is 16.9 Å². The van der Waals surface area contributed by atoms with Crippen LogP contribution in [0.5, 0.6) is 5.75 Å². The molecule has 0 amide bonds. The predicted octanol–water partition coefficient (Wildman–Crippen LogP) is -0.686. The lowest BCUT2D eigenvalue weighted by Crippen LogP contribution is -2.61. The molecule has 3 rings (SSSR count). The lowest BCUT2D eigenvalue weighted by molar-refractivity contribution is -0.254. The Hall–Kier alpha value is -2.22. The topological polar surface area (TPSA) is 159 Å². The third-order valence-electron chi connectivity index (χ3n) is 3.85. The van der Waals surface area contributed by atoms with Gasteiger partial charge in [-0.15, -0.1) is 0 Å². The fourth-order valence-corrected chi connectivity index (χ4v) is 3.29. The molecule has 146 valence electrons. The molecule has 4 N–H and O–H groups in total. The standard InChI is InChI=1S/C15H15FN2O8S/c16-13-9(2-1-3-18-13)7-4-8(6-17-5-7)25-14-11(20)10(19)12(21)15(26-14)27(22,23)24/h1-6,10-12,14-15,19-21H,(H,22,23,24)/t10-,11-,12+,14-,15?/m1/s1. The Kier molecular flexibility index (Phi) is 5.37. The van der Waals surface area contributed by atoms with Crippen LogP contribution in [0.4, 0.5) is 4.39 Å². The fourth-order valence-electron chi connectivity index (χ4n) is 2.53. The van der Waals surface area contributed by atoms with Crippen molar-refractivity contribution in [2.75, 3.05) is 0 Å². The zero-order valence-corrected chi connectivity index (χ0v) is 14.3. The van der Waals surface area contributed by atoms with Crippen LogP contribution >= 0.6 is 0 Å². The Morgan fingerprint density at radius 3 is 2.56 bits per heavy atom. The Bertz CT molecular complexity index is 928.